The average molecular weight is 438 g/mol. The molecular formula is C15H27IN4OS. The van der Waals surface area contributed by atoms with Gasteiger partial charge in [0, 0.05) is 36.2 Å². The predicted molar refractivity (Wildman–Crippen MR) is 104 cm³/mol. The molecule has 1 aromatic rings. The van der Waals surface area contributed by atoms with Gasteiger partial charge in [0.25, 0.3) is 0 Å². The van der Waals surface area contributed by atoms with E-state index in [0.717, 1.165) is 49.2 Å². The van der Waals surface area contributed by atoms with Crippen LogP contribution in [-0.2, 0) is 13.0 Å². The Balaban J connectivity index is 0.00000242. The minimum Gasteiger partial charge on any atom is -0.359 e. The molecule has 0 radical (unpaired) electrons. The Hall–Kier alpha value is -0.440. The van der Waals surface area contributed by atoms with Gasteiger partial charge in [-0.3, -0.25) is 0 Å². The first-order valence-electron chi connectivity index (χ1n) is 7.65. The topological polar surface area (TPSA) is 53.7 Å². The molecule has 1 aromatic heterocycles. The van der Waals surface area contributed by atoms with Crippen molar-refractivity contribution in [2.24, 2.45) is 4.99 Å². The van der Waals surface area contributed by atoms with Gasteiger partial charge in [0.15, 0.2) is 11.7 Å². The van der Waals surface area contributed by atoms with Crippen LogP contribution in [0.1, 0.15) is 39.1 Å². The van der Waals surface area contributed by atoms with E-state index in [-0.39, 0.29) is 28.7 Å². The number of guanidine groups is 1. The van der Waals surface area contributed by atoms with Crippen molar-refractivity contribution in [3.8, 4) is 0 Å². The highest BCUT2D eigenvalue weighted by Crippen LogP contribution is 2.29. The highest BCUT2D eigenvalue weighted by atomic mass is 127. The maximum absolute atomic E-state index is 5.30. The Morgan fingerprint density at radius 2 is 2.27 bits per heavy atom. The third kappa shape index (κ3) is 5.64. The van der Waals surface area contributed by atoms with Crippen molar-refractivity contribution in [1.29, 1.82) is 0 Å². The lowest BCUT2D eigenvalue weighted by molar-refractivity contribution is 0.367. The van der Waals surface area contributed by atoms with Crippen LogP contribution in [0, 0.1) is 0 Å². The molecule has 7 heteroatoms. The van der Waals surface area contributed by atoms with Gasteiger partial charge in [-0.1, -0.05) is 12.1 Å². The maximum Gasteiger partial charge on any atom is 0.194 e. The summed E-state index contributed by atoms with van der Waals surface area (Å²) in [6, 6.07) is 1.99. The Morgan fingerprint density at radius 3 is 2.86 bits per heavy atom. The summed E-state index contributed by atoms with van der Waals surface area (Å²) in [5.74, 6) is 2.94. The third-order valence-electron chi connectivity index (χ3n) is 3.41. The van der Waals surface area contributed by atoms with Crippen LogP contribution in [0.3, 0.4) is 0 Å². The molecule has 0 spiro atoms. The Labute approximate surface area is 154 Å². The number of halogens is 1. The highest BCUT2D eigenvalue weighted by molar-refractivity contribution is 14.0. The minimum absolute atomic E-state index is 0. The van der Waals surface area contributed by atoms with Crippen molar-refractivity contribution in [3.63, 3.8) is 0 Å². The summed E-state index contributed by atoms with van der Waals surface area (Å²) < 4.78 is 5.58. The van der Waals surface area contributed by atoms with Gasteiger partial charge >= 0.3 is 0 Å². The summed E-state index contributed by atoms with van der Waals surface area (Å²) >= 11 is 2.03. The van der Waals surface area contributed by atoms with Gasteiger partial charge in [-0.15, -0.1) is 24.0 Å². The molecule has 22 heavy (non-hydrogen) atoms. The number of aryl methyl sites for hydroxylation is 1. The molecule has 1 aliphatic heterocycles. The molecule has 0 aromatic carbocycles. The lowest BCUT2D eigenvalue weighted by atomic mass is 10.2. The molecule has 126 valence electrons. The van der Waals surface area contributed by atoms with Gasteiger partial charge in [0.1, 0.15) is 6.54 Å². The van der Waals surface area contributed by atoms with Crippen LogP contribution in [0.15, 0.2) is 15.6 Å². The number of nitrogens with zero attached hydrogens (tertiary/aromatic N) is 3. The first kappa shape index (κ1) is 19.6. The van der Waals surface area contributed by atoms with Gasteiger partial charge in [0.2, 0.25) is 0 Å². The number of hydrogen-bond acceptors (Lipinski definition) is 4. The van der Waals surface area contributed by atoms with Crippen molar-refractivity contribution in [1.82, 2.24) is 15.4 Å². The summed E-state index contributed by atoms with van der Waals surface area (Å²) in [6.45, 7) is 12.2. The van der Waals surface area contributed by atoms with E-state index in [2.05, 4.69) is 43.1 Å². The number of thioether (sulfide) groups is 1. The molecule has 0 bridgehead atoms. The molecule has 1 aliphatic rings. The largest absolute Gasteiger partial charge is 0.359 e. The lowest BCUT2D eigenvalue weighted by Crippen LogP contribution is -2.50. The molecule has 2 heterocycles. The summed E-state index contributed by atoms with van der Waals surface area (Å²) in [7, 11) is 0. The van der Waals surface area contributed by atoms with Gasteiger partial charge in [-0.25, -0.2) is 4.99 Å². The SMILES string of the molecule is CCNC(=NCc1cc(CC)no1)N1CCSC(C)(C)C1.I. The summed E-state index contributed by atoms with van der Waals surface area (Å²) in [4.78, 5) is 7.05. The van der Waals surface area contributed by atoms with E-state index < -0.39 is 0 Å². The van der Waals surface area contributed by atoms with Crippen LogP contribution >= 0.6 is 35.7 Å². The molecule has 1 saturated heterocycles. The first-order chi connectivity index (χ1) is 10.0. The zero-order valence-corrected chi connectivity index (χ0v) is 17.0. The fraction of sp³-hybridized carbons (Fsp3) is 0.733. The number of nitrogens with one attached hydrogen (secondary N) is 1. The number of aromatic nitrogens is 1. The van der Waals surface area contributed by atoms with E-state index in [1.165, 1.54) is 0 Å². The van der Waals surface area contributed by atoms with Gasteiger partial charge in [-0.05, 0) is 27.2 Å². The number of rotatable bonds is 4. The quantitative estimate of drug-likeness (QED) is 0.445. The normalized spacial score (nSPS) is 18.0. The maximum atomic E-state index is 5.30. The monoisotopic (exact) mass is 438 g/mol. The van der Waals surface area contributed by atoms with Crippen molar-refractivity contribution in [2.75, 3.05) is 25.4 Å². The second-order valence-electron chi connectivity index (χ2n) is 5.84. The van der Waals surface area contributed by atoms with E-state index >= 15 is 0 Å². The molecule has 5 nitrogen and oxygen atoms in total. The standard InChI is InChI=1S/C15H26N4OS.HI/c1-5-12-9-13(20-18-12)10-17-14(16-6-2)19-7-8-21-15(3,4)11-19;/h9H,5-8,10-11H2,1-4H3,(H,16,17);1H. The van der Waals surface area contributed by atoms with Crippen LogP contribution in [0.5, 0.6) is 0 Å². The Kier molecular flexibility index (Phi) is 8.02. The summed E-state index contributed by atoms with van der Waals surface area (Å²) in [6.07, 6.45) is 0.894. The molecule has 0 atom stereocenters. The smallest absolute Gasteiger partial charge is 0.194 e. The van der Waals surface area contributed by atoms with E-state index in [1.54, 1.807) is 0 Å². The van der Waals surface area contributed by atoms with Crippen molar-refractivity contribution in [2.45, 2.75) is 45.4 Å². The summed E-state index contributed by atoms with van der Waals surface area (Å²) in [5.41, 5.74) is 0.987. The number of hydrogen-bond donors (Lipinski definition) is 1. The van der Waals surface area contributed by atoms with E-state index in [1.807, 2.05) is 17.8 Å². The van der Waals surface area contributed by atoms with E-state index in [9.17, 15) is 0 Å². The van der Waals surface area contributed by atoms with Crippen LogP contribution in [-0.4, -0.2) is 46.2 Å². The van der Waals surface area contributed by atoms with Gasteiger partial charge in [0.05, 0.1) is 5.69 Å². The fourth-order valence-corrected chi connectivity index (χ4v) is 3.48. The zero-order chi connectivity index (χ0) is 15.3. The zero-order valence-electron chi connectivity index (χ0n) is 13.9. The van der Waals surface area contributed by atoms with Crippen LogP contribution < -0.4 is 5.32 Å². The molecule has 1 fully saturated rings. The highest BCUT2D eigenvalue weighted by Gasteiger charge is 2.28. The van der Waals surface area contributed by atoms with Crippen LogP contribution in [0.4, 0.5) is 0 Å². The average Bonchev–Trinajstić information content (AvgIpc) is 2.90. The molecule has 2 rings (SSSR count). The van der Waals surface area contributed by atoms with Gasteiger partial charge < -0.3 is 14.7 Å². The molecular weight excluding hydrogens is 411 g/mol. The van der Waals surface area contributed by atoms with Crippen molar-refractivity contribution in [3.05, 3.63) is 17.5 Å². The van der Waals surface area contributed by atoms with E-state index in [0.29, 0.717) is 6.54 Å². The lowest BCUT2D eigenvalue weighted by Gasteiger charge is -2.39. The van der Waals surface area contributed by atoms with Crippen LogP contribution in [0.25, 0.3) is 0 Å². The minimum atomic E-state index is 0. The van der Waals surface area contributed by atoms with Crippen LogP contribution in [0.2, 0.25) is 0 Å². The van der Waals surface area contributed by atoms with E-state index in [4.69, 9.17) is 9.52 Å². The Bertz CT molecular complexity index is 490. The second kappa shape index (κ2) is 9.00. The predicted octanol–water partition coefficient (Wildman–Crippen LogP) is 3.15. The third-order valence-corrected chi connectivity index (χ3v) is 4.71. The summed E-state index contributed by atoms with van der Waals surface area (Å²) in [5, 5.41) is 7.40. The fourth-order valence-electron chi connectivity index (χ4n) is 2.37. The van der Waals surface area contributed by atoms with Crippen molar-refractivity contribution >= 4 is 41.7 Å². The molecule has 1 N–H and O–H groups in total. The van der Waals surface area contributed by atoms with Gasteiger partial charge in [-0.2, -0.15) is 11.8 Å². The molecule has 0 unspecified atom stereocenters. The molecule has 0 amide bonds. The first-order valence-corrected chi connectivity index (χ1v) is 8.64. The molecule has 0 saturated carbocycles. The van der Waals surface area contributed by atoms with Crippen molar-refractivity contribution < 1.29 is 4.52 Å². The Morgan fingerprint density at radius 1 is 1.50 bits per heavy atom. The molecule has 0 aliphatic carbocycles. The second-order valence-corrected chi connectivity index (χ2v) is 7.64. The number of aliphatic imine (C=N–C) groups is 1.